The van der Waals surface area contributed by atoms with Crippen LogP contribution in [0.2, 0.25) is 0 Å². The van der Waals surface area contributed by atoms with Crippen LogP contribution in [-0.2, 0) is 0 Å². The fourth-order valence-corrected chi connectivity index (χ4v) is 2.74. The predicted molar refractivity (Wildman–Crippen MR) is 73.3 cm³/mol. The molecule has 0 aromatic heterocycles. The fraction of sp³-hybridized carbons (Fsp3) is 1.00. The molecule has 0 bridgehead atoms. The second-order valence-corrected chi connectivity index (χ2v) is 5.81. The monoisotopic (exact) mass is 242 g/mol. The normalized spacial score (nSPS) is 20.1. The summed E-state index contributed by atoms with van der Waals surface area (Å²) in [4.78, 5) is 4.64. The molecule has 3 heteroatoms. The molecule has 1 aliphatic carbocycles. The lowest BCUT2D eigenvalue weighted by molar-refractivity contribution is -0.0256. The average molecular weight is 242 g/mol. The standard InChI is InChI=1S/C14H30N2O/c1-4-16(12-8-11-15(2)3)13-14(17)9-6-5-7-10-14/h17H,4-13H2,1-3H3. The van der Waals surface area contributed by atoms with E-state index in [-0.39, 0.29) is 0 Å². The van der Waals surface area contributed by atoms with Gasteiger partial charge in [0.15, 0.2) is 0 Å². The van der Waals surface area contributed by atoms with Crippen molar-refractivity contribution in [1.82, 2.24) is 9.80 Å². The van der Waals surface area contributed by atoms with E-state index >= 15 is 0 Å². The molecular formula is C14H30N2O. The second kappa shape index (κ2) is 7.34. The molecule has 0 heterocycles. The molecule has 0 atom stereocenters. The van der Waals surface area contributed by atoms with Gasteiger partial charge in [-0.1, -0.05) is 26.2 Å². The van der Waals surface area contributed by atoms with Gasteiger partial charge in [0, 0.05) is 6.54 Å². The summed E-state index contributed by atoms with van der Waals surface area (Å²) in [6.07, 6.45) is 6.89. The van der Waals surface area contributed by atoms with Gasteiger partial charge in [0.2, 0.25) is 0 Å². The molecule has 3 nitrogen and oxygen atoms in total. The predicted octanol–water partition coefficient (Wildman–Crippen LogP) is 1.96. The van der Waals surface area contributed by atoms with Gasteiger partial charge in [0.1, 0.15) is 0 Å². The fourth-order valence-electron chi connectivity index (χ4n) is 2.74. The van der Waals surface area contributed by atoms with Crippen LogP contribution in [0.3, 0.4) is 0 Å². The molecule has 0 aromatic carbocycles. The molecule has 0 radical (unpaired) electrons. The topological polar surface area (TPSA) is 26.7 Å². The molecule has 1 fully saturated rings. The van der Waals surface area contributed by atoms with Crippen molar-refractivity contribution in [1.29, 1.82) is 0 Å². The summed E-state index contributed by atoms with van der Waals surface area (Å²) in [5.74, 6) is 0. The van der Waals surface area contributed by atoms with Crippen molar-refractivity contribution in [3.05, 3.63) is 0 Å². The molecule has 1 aliphatic rings. The lowest BCUT2D eigenvalue weighted by Gasteiger charge is -2.36. The molecule has 102 valence electrons. The molecule has 0 aromatic rings. The maximum absolute atomic E-state index is 10.5. The van der Waals surface area contributed by atoms with Crippen molar-refractivity contribution in [3.8, 4) is 0 Å². The van der Waals surface area contributed by atoms with Crippen LogP contribution in [0, 0.1) is 0 Å². The van der Waals surface area contributed by atoms with Gasteiger partial charge < -0.3 is 14.9 Å². The highest BCUT2D eigenvalue weighted by Crippen LogP contribution is 2.28. The number of nitrogens with zero attached hydrogens (tertiary/aromatic N) is 2. The molecule has 0 saturated heterocycles. The molecule has 1 N–H and O–H groups in total. The van der Waals surface area contributed by atoms with E-state index in [9.17, 15) is 5.11 Å². The number of hydrogen-bond donors (Lipinski definition) is 1. The lowest BCUT2D eigenvalue weighted by atomic mass is 9.84. The van der Waals surface area contributed by atoms with E-state index in [0.29, 0.717) is 0 Å². The van der Waals surface area contributed by atoms with Crippen molar-refractivity contribution in [3.63, 3.8) is 0 Å². The third-order valence-electron chi connectivity index (χ3n) is 3.83. The minimum Gasteiger partial charge on any atom is -0.389 e. The Hall–Kier alpha value is -0.120. The highest BCUT2D eigenvalue weighted by Gasteiger charge is 2.30. The largest absolute Gasteiger partial charge is 0.389 e. The zero-order valence-electron chi connectivity index (χ0n) is 11.9. The highest BCUT2D eigenvalue weighted by atomic mass is 16.3. The Bertz CT molecular complexity index is 200. The first-order valence-corrected chi connectivity index (χ1v) is 7.15. The number of likely N-dealkylation sites (N-methyl/N-ethyl adjacent to an activating group) is 1. The van der Waals surface area contributed by atoms with E-state index < -0.39 is 5.60 Å². The summed E-state index contributed by atoms with van der Waals surface area (Å²) < 4.78 is 0. The molecule has 17 heavy (non-hydrogen) atoms. The zero-order valence-corrected chi connectivity index (χ0v) is 11.9. The van der Waals surface area contributed by atoms with Crippen LogP contribution in [0.4, 0.5) is 0 Å². The van der Waals surface area contributed by atoms with E-state index in [0.717, 1.165) is 39.0 Å². The summed E-state index contributed by atoms with van der Waals surface area (Å²) in [5, 5.41) is 10.5. The van der Waals surface area contributed by atoms with Crippen LogP contribution >= 0.6 is 0 Å². The third-order valence-corrected chi connectivity index (χ3v) is 3.83. The Morgan fingerprint density at radius 1 is 1.06 bits per heavy atom. The summed E-state index contributed by atoms with van der Waals surface area (Å²) in [6, 6.07) is 0. The first kappa shape index (κ1) is 14.9. The molecule has 0 amide bonds. The maximum Gasteiger partial charge on any atom is 0.0774 e. The SMILES string of the molecule is CCN(CCCN(C)C)CC1(O)CCCCC1. The first-order chi connectivity index (χ1) is 8.06. The smallest absolute Gasteiger partial charge is 0.0774 e. The van der Waals surface area contributed by atoms with Crippen LogP contribution < -0.4 is 0 Å². The Morgan fingerprint density at radius 2 is 1.71 bits per heavy atom. The van der Waals surface area contributed by atoms with E-state index in [4.69, 9.17) is 0 Å². The average Bonchev–Trinajstić information content (AvgIpc) is 2.28. The van der Waals surface area contributed by atoms with Gasteiger partial charge in [-0.3, -0.25) is 0 Å². The van der Waals surface area contributed by atoms with E-state index in [2.05, 4.69) is 30.8 Å². The van der Waals surface area contributed by atoms with E-state index in [1.54, 1.807) is 0 Å². The maximum atomic E-state index is 10.5. The van der Waals surface area contributed by atoms with Gasteiger partial charge in [-0.2, -0.15) is 0 Å². The Morgan fingerprint density at radius 3 is 2.24 bits per heavy atom. The molecular weight excluding hydrogens is 212 g/mol. The minimum absolute atomic E-state index is 0.396. The Kier molecular flexibility index (Phi) is 6.45. The lowest BCUT2D eigenvalue weighted by Crippen LogP contribution is -2.45. The molecule has 0 unspecified atom stereocenters. The Labute approximate surface area is 107 Å². The van der Waals surface area contributed by atoms with Crippen molar-refractivity contribution in [2.75, 3.05) is 40.3 Å². The quantitative estimate of drug-likeness (QED) is 0.739. The summed E-state index contributed by atoms with van der Waals surface area (Å²) >= 11 is 0. The Balaban J connectivity index is 2.29. The highest BCUT2D eigenvalue weighted by molar-refractivity contribution is 4.85. The molecule has 1 saturated carbocycles. The number of hydrogen-bond acceptors (Lipinski definition) is 3. The number of rotatable bonds is 7. The summed E-state index contributed by atoms with van der Waals surface area (Å²) in [5.41, 5.74) is -0.396. The van der Waals surface area contributed by atoms with Crippen LogP contribution in [0.15, 0.2) is 0 Å². The number of aliphatic hydroxyl groups is 1. The van der Waals surface area contributed by atoms with Gasteiger partial charge >= 0.3 is 0 Å². The zero-order chi connectivity index (χ0) is 12.7. The van der Waals surface area contributed by atoms with Crippen LogP contribution in [0.1, 0.15) is 45.4 Å². The van der Waals surface area contributed by atoms with Crippen LogP contribution in [0.25, 0.3) is 0 Å². The summed E-state index contributed by atoms with van der Waals surface area (Å²) in [6.45, 7) is 6.36. The van der Waals surface area contributed by atoms with Crippen LogP contribution in [-0.4, -0.2) is 60.8 Å². The van der Waals surface area contributed by atoms with E-state index in [1.165, 1.54) is 25.7 Å². The molecule has 0 aliphatic heterocycles. The summed E-state index contributed by atoms with van der Waals surface area (Å²) in [7, 11) is 4.23. The van der Waals surface area contributed by atoms with E-state index in [1.807, 2.05) is 0 Å². The van der Waals surface area contributed by atoms with Crippen molar-refractivity contribution in [2.45, 2.75) is 51.0 Å². The second-order valence-electron chi connectivity index (χ2n) is 5.81. The van der Waals surface area contributed by atoms with Crippen molar-refractivity contribution < 1.29 is 5.11 Å². The first-order valence-electron chi connectivity index (χ1n) is 7.15. The van der Waals surface area contributed by atoms with Crippen LogP contribution in [0.5, 0.6) is 0 Å². The van der Waals surface area contributed by atoms with Gasteiger partial charge in [0.25, 0.3) is 0 Å². The van der Waals surface area contributed by atoms with Crippen molar-refractivity contribution >= 4 is 0 Å². The molecule has 1 rings (SSSR count). The van der Waals surface area contributed by atoms with Gasteiger partial charge in [-0.05, 0) is 53.0 Å². The van der Waals surface area contributed by atoms with Crippen molar-refractivity contribution in [2.24, 2.45) is 0 Å². The molecule has 0 spiro atoms. The van der Waals surface area contributed by atoms with Gasteiger partial charge in [-0.15, -0.1) is 0 Å². The van der Waals surface area contributed by atoms with Gasteiger partial charge in [0.05, 0.1) is 5.60 Å². The third kappa shape index (κ3) is 5.84. The van der Waals surface area contributed by atoms with Gasteiger partial charge in [-0.25, -0.2) is 0 Å². The minimum atomic E-state index is -0.396.